The number of hydrogen-bond donors (Lipinski definition) is 0. The van der Waals surface area contributed by atoms with Crippen molar-refractivity contribution in [3.8, 4) is 0 Å². The first-order valence-corrected chi connectivity index (χ1v) is 8.36. The average molecular weight is 302 g/mol. The molecule has 0 aromatic heterocycles. The van der Waals surface area contributed by atoms with Gasteiger partial charge in [0.05, 0.1) is 0 Å². The zero-order valence-electron chi connectivity index (χ0n) is 10.3. The molecule has 0 spiro atoms. The van der Waals surface area contributed by atoms with Crippen LogP contribution in [0.2, 0.25) is 0 Å². The molecule has 2 aliphatic rings. The Morgan fingerprint density at radius 3 is 1.41 bits per heavy atom. The molecule has 0 bridgehead atoms. The van der Waals surface area contributed by atoms with Gasteiger partial charge in [-0.05, 0) is 0 Å². The Balaban J connectivity index is 0.00000144. The van der Waals surface area contributed by atoms with E-state index in [0.29, 0.717) is 0 Å². The SMILES string of the molecule is Cl.[O]=[V]([O]C1CCCCC1)[O]C1CCCCC1. The van der Waals surface area contributed by atoms with Crippen LogP contribution in [0.1, 0.15) is 64.2 Å². The van der Waals surface area contributed by atoms with Crippen LogP contribution in [-0.4, -0.2) is 12.2 Å². The molecule has 101 valence electrons. The van der Waals surface area contributed by atoms with Crippen molar-refractivity contribution < 1.29 is 26.8 Å². The summed E-state index contributed by atoms with van der Waals surface area (Å²) >= 11 is -2.67. The molecule has 0 heterocycles. The molecular weight excluding hydrogens is 279 g/mol. The predicted molar refractivity (Wildman–Crippen MR) is 63.9 cm³/mol. The molecule has 0 unspecified atom stereocenters. The summed E-state index contributed by atoms with van der Waals surface area (Å²) in [6, 6.07) is 0. The third kappa shape index (κ3) is 5.84. The molecule has 2 aliphatic carbocycles. The number of halogens is 1. The predicted octanol–water partition coefficient (Wildman–Crippen LogP) is 3.90. The topological polar surface area (TPSA) is 35.5 Å². The van der Waals surface area contributed by atoms with Crippen molar-refractivity contribution in [2.75, 3.05) is 0 Å². The van der Waals surface area contributed by atoms with Crippen LogP contribution < -0.4 is 0 Å². The van der Waals surface area contributed by atoms with Gasteiger partial charge in [0.1, 0.15) is 0 Å². The van der Waals surface area contributed by atoms with Gasteiger partial charge >= 0.3 is 103 Å². The Morgan fingerprint density at radius 2 is 1.06 bits per heavy atom. The standard InChI is InChI=1S/2C6H11O.ClH.O.V/c2*7-6-4-2-1-3-5-6;;;/h2*6H,1-5H2;1H;;/q2*-1;;;+2. The fourth-order valence-corrected chi connectivity index (χ4v) is 4.11. The quantitative estimate of drug-likeness (QED) is 0.790. The molecule has 0 atom stereocenters. The van der Waals surface area contributed by atoms with Crippen LogP contribution in [0.5, 0.6) is 0 Å². The van der Waals surface area contributed by atoms with Gasteiger partial charge in [-0.25, -0.2) is 0 Å². The van der Waals surface area contributed by atoms with Gasteiger partial charge in [0, 0.05) is 0 Å². The van der Waals surface area contributed by atoms with Crippen LogP contribution in [-0.2, 0) is 26.8 Å². The summed E-state index contributed by atoms with van der Waals surface area (Å²) in [5.41, 5.74) is 0. The maximum absolute atomic E-state index is 11.8. The van der Waals surface area contributed by atoms with Gasteiger partial charge in [0.15, 0.2) is 0 Å². The molecular formula is C12H23ClO3V. The van der Waals surface area contributed by atoms with Gasteiger partial charge < -0.3 is 0 Å². The van der Waals surface area contributed by atoms with Crippen molar-refractivity contribution in [1.82, 2.24) is 0 Å². The van der Waals surface area contributed by atoms with Gasteiger partial charge in [-0.2, -0.15) is 0 Å². The second kappa shape index (κ2) is 8.65. The fourth-order valence-electron chi connectivity index (χ4n) is 2.61. The van der Waals surface area contributed by atoms with E-state index in [1.807, 2.05) is 0 Å². The van der Waals surface area contributed by atoms with Gasteiger partial charge in [-0.15, -0.1) is 12.4 Å². The average Bonchev–Trinajstić information content (AvgIpc) is 2.31. The maximum atomic E-state index is 11.8. The fraction of sp³-hybridized carbons (Fsp3) is 1.00. The second-order valence-electron chi connectivity index (χ2n) is 4.95. The number of rotatable bonds is 4. The van der Waals surface area contributed by atoms with E-state index in [-0.39, 0.29) is 24.6 Å². The molecule has 0 aromatic carbocycles. The van der Waals surface area contributed by atoms with E-state index in [4.69, 9.17) is 7.32 Å². The molecule has 17 heavy (non-hydrogen) atoms. The van der Waals surface area contributed by atoms with Crippen LogP contribution in [0.3, 0.4) is 0 Å². The molecule has 2 rings (SSSR count). The van der Waals surface area contributed by atoms with Crippen molar-refractivity contribution in [1.29, 1.82) is 0 Å². The number of hydrogen-bond acceptors (Lipinski definition) is 3. The molecule has 2 fully saturated rings. The summed E-state index contributed by atoms with van der Waals surface area (Å²) in [6.45, 7) is 0. The molecule has 0 aromatic rings. The van der Waals surface area contributed by atoms with E-state index in [9.17, 15) is 3.67 Å². The van der Waals surface area contributed by atoms with E-state index < -0.39 is 15.8 Å². The minimum atomic E-state index is -2.67. The third-order valence-electron chi connectivity index (χ3n) is 3.57. The summed E-state index contributed by atoms with van der Waals surface area (Å²) in [7, 11) is 0. The third-order valence-corrected chi connectivity index (χ3v) is 5.04. The van der Waals surface area contributed by atoms with Crippen molar-refractivity contribution >= 4 is 12.4 Å². The Kier molecular flexibility index (Phi) is 7.97. The Labute approximate surface area is 116 Å². The van der Waals surface area contributed by atoms with Gasteiger partial charge in [-0.3, -0.25) is 0 Å². The Morgan fingerprint density at radius 1 is 0.706 bits per heavy atom. The first-order chi connectivity index (χ1) is 7.84. The molecule has 0 N–H and O–H groups in total. The summed E-state index contributed by atoms with van der Waals surface area (Å²) in [5.74, 6) is 0. The first kappa shape index (κ1) is 15.7. The molecule has 0 radical (unpaired) electrons. The van der Waals surface area contributed by atoms with Crippen LogP contribution >= 0.6 is 12.4 Å². The van der Waals surface area contributed by atoms with E-state index >= 15 is 0 Å². The Hall–Kier alpha value is 0.594. The molecule has 0 amide bonds. The van der Waals surface area contributed by atoms with Gasteiger partial charge in [0.25, 0.3) is 0 Å². The monoisotopic (exact) mass is 301 g/mol. The summed E-state index contributed by atoms with van der Waals surface area (Å²) in [4.78, 5) is 0. The van der Waals surface area contributed by atoms with Crippen molar-refractivity contribution in [3.05, 3.63) is 0 Å². The molecule has 3 nitrogen and oxygen atoms in total. The van der Waals surface area contributed by atoms with Gasteiger partial charge in [-0.1, -0.05) is 0 Å². The zero-order chi connectivity index (χ0) is 11.2. The molecule has 2 saturated carbocycles. The zero-order valence-corrected chi connectivity index (χ0v) is 12.5. The summed E-state index contributed by atoms with van der Waals surface area (Å²) in [6.07, 6.45) is 12.2. The van der Waals surface area contributed by atoms with Crippen LogP contribution in [0, 0.1) is 0 Å². The van der Waals surface area contributed by atoms with Crippen molar-refractivity contribution in [3.63, 3.8) is 0 Å². The first-order valence-electron chi connectivity index (χ1n) is 6.65. The van der Waals surface area contributed by atoms with Crippen LogP contribution in [0.15, 0.2) is 0 Å². The van der Waals surface area contributed by atoms with Crippen LogP contribution in [0.4, 0.5) is 0 Å². The molecule has 0 aliphatic heterocycles. The van der Waals surface area contributed by atoms with E-state index in [1.165, 1.54) is 38.5 Å². The van der Waals surface area contributed by atoms with Crippen molar-refractivity contribution in [2.24, 2.45) is 0 Å². The van der Waals surface area contributed by atoms with Crippen molar-refractivity contribution in [2.45, 2.75) is 76.4 Å². The van der Waals surface area contributed by atoms with Gasteiger partial charge in [0.2, 0.25) is 0 Å². The normalized spacial score (nSPS) is 23.1. The second-order valence-corrected chi connectivity index (χ2v) is 6.31. The van der Waals surface area contributed by atoms with Crippen LogP contribution in [0.25, 0.3) is 0 Å². The molecule has 5 heteroatoms. The minimum absolute atomic E-state index is 0. The van der Waals surface area contributed by atoms with E-state index in [0.717, 1.165) is 25.7 Å². The van der Waals surface area contributed by atoms with E-state index in [1.54, 1.807) is 0 Å². The Bertz CT molecular complexity index is 204. The summed E-state index contributed by atoms with van der Waals surface area (Å²) < 4.78 is 22.9. The molecule has 0 saturated heterocycles. The van der Waals surface area contributed by atoms with E-state index in [2.05, 4.69) is 0 Å². The summed E-state index contributed by atoms with van der Waals surface area (Å²) in [5, 5.41) is 0.